The number of rotatable bonds is 4. The monoisotopic (exact) mass is 339 g/mol. The molecule has 0 aliphatic rings. The SMILES string of the molecule is CNC(=O)NC(=O)[C@H](C)OC(=O)c1csc(-c2cccs2)n1. The summed E-state index contributed by atoms with van der Waals surface area (Å²) >= 11 is 2.84. The predicted molar refractivity (Wildman–Crippen MR) is 82.9 cm³/mol. The first-order valence-corrected chi connectivity index (χ1v) is 8.00. The fourth-order valence-electron chi connectivity index (χ4n) is 1.43. The fourth-order valence-corrected chi connectivity index (χ4v) is 3.03. The van der Waals surface area contributed by atoms with E-state index >= 15 is 0 Å². The Bertz CT molecular complexity index is 681. The quantitative estimate of drug-likeness (QED) is 0.829. The van der Waals surface area contributed by atoms with Crippen LogP contribution in [0.5, 0.6) is 0 Å². The second-order valence-corrected chi connectivity index (χ2v) is 5.94. The number of thiazole rings is 1. The van der Waals surface area contributed by atoms with Crippen LogP contribution < -0.4 is 10.6 Å². The van der Waals surface area contributed by atoms with Gasteiger partial charge in [-0.2, -0.15) is 0 Å². The normalized spacial score (nSPS) is 11.5. The molecule has 0 radical (unpaired) electrons. The Morgan fingerprint density at radius 1 is 1.32 bits per heavy atom. The molecular weight excluding hydrogens is 326 g/mol. The molecule has 0 saturated carbocycles. The number of thiophene rings is 1. The Balaban J connectivity index is 1.97. The number of amides is 3. The number of carbonyl (C=O) groups is 3. The molecule has 1 atom stereocenters. The van der Waals surface area contributed by atoms with Crippen molar-refractivity contribution in [2.45, 2.75) is 13.0 Å². The molecule has 7 nitrogen and oxygen atoms in total. The first-order chi connectivity index (χ1) is 10.5. The summed E-state index contributed by atoms with van der Waals surface area (Å²) in [4.78, 5) is 39.7. The van der Waals surface area contributed by atoms with Gasteiger partial charge in [0.05, 0.1) is 4.88 Å². The molecule has 2 aromatic heterocycles. The van der Waals surface area contributed by atoms with Crippen molar-refractivity contribution in [2.24, 2.45) is 0 Å². The summed E-state index contributed by atoms with van der Waals surface area (Å²) in [5.41, 5.74) is 0.132. The van der Waals surface area contributed by atoms with Gasteiger partial charge in [0, 0.05) is 12.4 Å². The zero-order valence-electron chi connectivity index (χ0n) is 11.8. The second-order valence-electron chi connectivity index (χ2n) is 4.13. The number of ether oxygens (including phenoxy) is 1. The molecule has 0 spiro atoms. The number of hydrogen-bond donors (Lipinski definition) is 2. The predicted octanol–water partition coefficient (Wildman–Crippen LogP) is 1.87. The van der Waals surface area contributed by atoms with E-state index in [0.717, 1.165) is 4.88 Å². The lowest BCUT2D eigenvalue weighted by molar-refractivity contribution is -0.127. The van der Waals surface area contributed by atoms with E-state index in [4.69, 9.17) is 4.74 Å². The topological polar surface area (TPSA) is 97.4 Å². The Labute approximate surface area is 134 Å². The molecule has 2 heterocycles. The number of imide groups is 1. The van der Waals surface area contributed by atoms with Crippen molar-refractivity contribution in [3.8, 4) is 9.88 Å². The van der Waals surface area contributed by atoms with E-state index in [2.05, 4.69) is 10.3 Å². The lowest BCUT2D eigenvalue weighted by Gasteiger charge is -2.11. The third kappa shape index (κ3) is 3.89. The number of hydrogen-bond acceptors (Lipinski definition) is 7. The first kappa shape index (κ1) is 16.1. The Hall–Kier alpha value is -2.26. The van der Waals surface area contributed by atoms with Crippen LogP contribution >= 0.6 is 22.7 Å². The maximum Gasteiger partial charge on any atom is 0.358 e. The molecule has 3 amide bonds. The molecular formula is C13H13N3O4S2. The van der Waals surface area contributed by atoms with Crippen LogP contribution in [0, 0.1) is 0 Å². The van der Waals surface area contributed by atoms with Gasteiger partial charge in [0.25, 0.3) is 5.91 Å². The highest BCUT2D eigenvalue weighted by atomic mass is 32.1. The third-order valence-corrected chi connectivity index (χ3v) is 4.44. The molecule has 0 aliphatic carbocycles. The minimum absolute atomic E-state index is 0.132. The number of urea groups is 1. The van der Waals surface area contributed by atoms with Crippen LogP contribution in [0.4, 0.5) is 4.79 Å². The summed E-state index contributed by atoms with van der Waals surface area (Å²) < 4.78 is 4.99. The van der Waals surface area contributed by atoms with Crippen molar-refractivity contribution in [3.63, 3.8) is 0 Å². The summed E-state index contributed by atoms with van der Waals surface area (Å²) in [5, 5.41) is 8.46. The number of aromatic nitrogens is 1. The van der Waals surface area contributed by atoms with E-state index in [0.29, 0.717) is 5.01 Å². The summed E-state index contributed by atoms with van der Waals surface area (Å²) in [7, 11) is 1.38. The van der Waals surface area contributed by atoms with Crippen LogP contribution in [0.15, 0.2) is 22.9 Å². The van der Waals surface area contributed by atoms with Gasteiger partial charge in [-0.25, -0.2) is 14.6 Å². The van der Waals surface area contributed by atoms with Crippen LogP contribution in [-0.2, 0) is 9.53 Å². The van der Waals surface area contributed by atoms with Crippen LogP contribution in [-0.4, -0.2) is 36.0 Å². The van der Waals surface area contributed by atoms with E-state index < -0.39 is 24.0 Å². The average Bonchev–Trinajstić information content (AvgIpc) is 3.17. The van der Waals surface area contributed by atoms with Crippen molar-refractivity contribution < 1.29 is 19.1 Å². The van der Waals surface area contributed by atoms with E-state index in [1.807, 2.05) is 22.8 Å². The molecule has 0 aliphatic heterocycles. The number of esters is 1. The maximum atomic E-state index is 11.9. The fraction of sp³-hybridized carbons (Fsp3) is 0.231. The number of nitrogens with zero attached hydrogens (tertiary/aromatic N) is 1. The van der Waals surface area contributed by atoms with E-state index in [-0.39, 0.29) is 5.69 Å². The molecule has 116 valence electrons. The molecule has 9 heteroatoms. The molecule has 0 aromatic carbocycles. The highest BCUT2D eigenvalue weighted by Gasteiger charge is 2.22. The zero-order valence-corrected chi connectivity index (χ0v) is 13.4. The van der Waals surface area contributed by atoms with Crippen molar-refractivity contribution in [1.82, 2.24) is 15.6 Å². The summed E-state index contributed by atoms with van der Waals surface area (Å²) in [6.45, 7) is 1.38. The number of nitrogens with one attached hydrogen (secondary N) is 2. The Morgan fingerprint density at radius 3 is 2.73 bits per heavy atom. The number of carbonyl (C=O) groups excluding carboxylic acids is 3. The third-order valence-electron chi connectivity index (χ3n) is 2.56. The highest BCUT2D eigenvalue weighted by Crippen LogP contribution is 2.28. The van der Waals surface area contributed by atoms with Gasteiger partial charge in [0.15, 0.2) is 11.8 Å². The molecule has 0 bridgehead atoms. The molecule has 0 fully saturated rings. The van der Waals surface area contributed by atoms with Gasteiger partial charge in [0.2, 0.25) is 0 Å². The van der Waals surface area contributed by atoms with Crippen molar-refractivity contribution in [1.29, 1.82) is 0 Å². The van der Waals surface area contributed by atoms with E-state index in [9.17, 15) is 14.4 Å². The van der Waals surface area contributed by atoms with Gasteiger partial charge in [-0.05, 0) is 18.4 Å². The smallest absolute Gasteiger partial charge is 0.358 e. The summed E-state index contributed by atoms with van der Waals surface area (Å²) in [6.07, 6.45) is -1.10. The van der Waals surface area contributed by atoms with Gasteiger partial charge in [-0.3, -0.25) is 10.1 Å². The highest BCUT2D eigenvalue weighted by molar-refractivity contribution is 7.20. The van der Waals surface area contributed by atoms with Crippen molar-refractivity contribution in [3.05, 3.63) is 28.6 Å². The molecule has 2 N–H and O–H groups in total. The van der Waals surface area contributed by atoms with Gasteiger partial charge < -0.3 is 10.1 Å². The second kappa shape index (κ2) is 7.14. The standard InChI is InChI=1S/C13H13N3O4S2/c1-7(10(17)16-13(19)14-2)20-12(18)8-6-22-11(15-8)9-4-3-5-21-9/h3-7H,1-2H3,(H2,14,16,17,19)/t7-/m0/s1. The summed E-state index contributed by atoms with van der Waals surface area (Å²) in [5.74, 6) is -1.42. The lowest BCUT2D eigenvalue weighted by Crippen LogP contribution is -2.43. The van der Waals surface area contributed by atoms with Crippen LogP contribution in [0.1, 0.15) is 17.4 Å². The van der Waals surface area contributed by atoms with E-state index in [1.54, 1.807) is 5.38 Å². The van der Waals surface area contributed by atoms with Gasteiger partial charge in [-0.1, -0.05) is 6.07 Å². The van der Waals surface area contributed by atoms with Crippen LogP contribution in [0.25, 0.3) is 9.88 Å². The molecule has 2 aromatic rings. The molecule has 0 saturated heterocycles. The minimum Gasteiger partial charge on any atom is -0.448 e. The van der Waals surface area contributed by atoms with Crippen molar-refractivity contribution in [2.75, 3.05) is 7.05 Å². The van der Waals surface area contributed by atoms with Gasteiger partial charge in [0.1, 0.15) is 5.01 Å². The first-order valence-electron chi connectivity index (χ1n) is 6.24. The van der Waals surface area contributed by atoms with Crippen molar-refractivity contribution >= 4 is 40.6 Å². The lowest BCUT2D eigenvalue weighted by atomic mass is 10.3. The van der Waals surface area contributed by atoms with Gasteiger partial charge in [-0.15, -0.1) is 22.7 Å². The largest absolute Gasteiger partial charge is 0.448 e. The van der Waals surface area contributed by atoms with Crippen LogP contribution in [0.2, 0.25) is 0 Å². The van der Waals surface area contributed by atoms with E-state index in [1.165, 1.54) is 36.6 Å². The molecule has 0 unspecified atom stereocenters. The average molecular weight is 339 g/mol. The van der Waals surface area contributed by atoms with Gasteiger partial charge >= 0.3 is 12.0 Å². The maximum absolute atomic E-state index is 11.9. The van der Waals surface area contributed by atoms with Crippen LogP contribution in [0.3, 0.4) is 0 Å². The Morgan fingerprint density at radius 2 is 2.09 bits per heavy atom. The molecule has 22 heavy (non-hydrogen) atoms. The Kier molecular flexibility index (Phi) is 5.23. The summed E-state index contributed by atoms with van der Waals surface area (Å²) in [6, 6.07) is 3.13. The molecule has 2 rings (SSSR count). The minimum atomic E-state index is -1.10. The zero-order chi connectivity index (χ0) is 16.1.